The highest BCUT2D eigenvalue weighted by molar-refractivity contribution is 6.23. The van der Waals surface area contributed by atoms with Gasteiger partial charge in [0.15, 0.2) is 0 Å². The van der Waals surface area contributed by atoms with E-state index in [2.05, 4.69) is 4.98 Å². The summed E-state index contributed by atoms with van der Waals surface area (Å²) in [6, 6.07) is 10.9. The molecule has 3 rings (SSSR count). The number of para-hydroxylation sites is 1. The largest absolute Gasteiger partial charge is 0.457 e. The Bertz CT molecular complexity index is 820. The van der Waals surface area contributed by atoms with Crippen LogP contribution >= 0.6 is 0 Å². The Morgan fingerprint density at radius 2 is 1.83 bits per heavy atom. The molecule has 1 amide bonds. The van der Waals surface area contributed by atoms with Gasteiger partial charge in [-0.25, -0.2) is 4.79 Å². The van der Waals surface area contributed by atoms with Crippen molar-refractivity contribution in [2.75, 3.05) is 4.90 Å². The number of anilines is 1. The third-order valence-electron chi connectivity index (χ3n) is 3.45. The topological polar surface area (TPSA) is 59.5 Å². The molecule has 1 aliphatic heterocycles. The van der Waals surface area contributed by atoms with E-state index in [4.69, 9.17) is 4.74 Å². The quantitative estimate of drug-likeness (QED) is 0.628. The molecule has 1 aliphatic rings. The minimum atomic E-state index is -0.602. The van der Waals surface area contributed by atoms with Gasteiger partial charge in [0.05, 0.1) is 11.3 Å². The zero-order chi connectivity index (χ0) is 17.3. The zero-order valence-corrected chi connectivity index (χ0v) is 13.8. The van der Waals surface area contributed by atoms with E-state index in [1.807, 2.05) is 30.3 Å². The lowest BCUT2D eigenvalue weighted by Crippen LogP contribution is -2.25. The van der Waals surface area contributed by atoms with Gasteiger partial charge in [-0.15, -0.1) is 0 Å². The van der Waals surface area contributed by atoms with Gasteiger partial charge in [0.1, 0.15) is 5.60 Å². The molecule has 0 atom stereocenters. The van der Waals surface area contributed by atoms with Crippen molar-refractivity contribution in [3.05, 3.63) is 66.0 Å². The van der Waals surface area contributed by atoms with Crippen LogP contribution in [0.5, 0.6) is 0 Å². The van der Waals surface area contributed by atoms with Crippen LogP contribution < -0.4 is 4.90 Å². The van der Waals surface area contributed by atoms with Gasteiger partial charge in [-0.1, -0.05) is 18.2 Å². The van der Waals surface area contributed by atoms with E-state index in [0.29, 0.717) is 22.5 Å². The minimum Gasteiger partial charge on any atom is -0.457 e. The van der Waals surface area contributed by atoms with Gasteiger partial charge >= 0.3 is 5.97 Å². The van der Waals surface area contributed by atoms with Crippen molar-refractivity contribution in [2.24, 2.45) is 0 Å². The van der Waals surface area contributed by atoms with Crippen LogP contribution in [0.15, 0.2) is 54.9 Å². The van der Waals surface area contributed by atoms with Gasteiger partial charge in [-0.3, -0.25) is 14.7 Å². The zero-order valence-electron chi connectivity index (χ0n) is 13.8. The lowest BCUT2D eigenvalue weighted by atomic mass is 10.1. The second kappa shape index (κ2) is 5.92. The molecular formula is C19H18N2O3. The monoisotopic (exact) mass is 322 g/mol. The van der Waals surface area contributed by atoms with Crippen LogP contribution in [0.2, 0.25) is 0 Å². The normalized spacial score (nSPS) is 15.5. The van der Waals surface area contributed by atoms with Crippen LogP contribution in [0.1, 0.15) is 36.7 Å². The lowest BCUT2D eigenvalue weighted by Gasteiger charge is -2.21. The molecule has 122 valence electrons. The molecule has 2 aromatic rings. The summed E-state index contributed by atoms with van der Waals surface area (Å²) in [5.41, 5.74) is 1.72. The highest BCUT2D eigenvalue weighted by Crippen LogP contribution is 2.36. The number of carbonyl (C=O) groups excluding carboxylic acids is 2. The Balaban J connectivity index is 2.08. The molecule has 0 radical (unpaired) electrons. The second-order valence-electron chi connectivity index (χ2n) is 6.46. The number of pyridine rings is 1. The second-order valence-corrected chi connectivity index (χ2v) is 6.46. The number of carbonyl (C=O) groups is 2. The number of hydrogen-bond acceptors (Lipinski definition) is 4. The van der Waals surface area contributed by atoms with Crippen molar-refractivity contribution in [2.45, 2.75) is 26.4 Å². The fourth-order valence-electron chi connectivity index (χ4n) is 2.56. The number of nitrogens with zero attached hydrogens (tertiary/aromatic N) is 2. The van der Waals surface area contributed by atoms with Crippen molar-refractivity contribution in [3.8, 4) is 0 Å². The molecule has 0 aliphatic carbocycles. The maximum atomic E-state index is 12.8. The molecule has 0 spiro atoms. The molecule has 24 heavy (non-hydrogen) atoms. The van der Waals surface area contributed by atoms with Gasteiger partial charge < -0.3 is 4.74 Å². The van der Waals surface area contributed by atoms with Crippen molar-refractivity contribution >= 4 is 23.3 Å². The summed E-state index contributed by atoms with van der Waals surface area (Å²) in [7, 11) is 0. The Morgan fingerprint density at radius 1 is 1.12 bits per heavy atom. The standard InChI is InChI=1S/C19H18N2O3/c1-19(2,3)24-17(22)11-16-14-9-10-20-12-15(14)18(23)21(16)13-7-5-4-6-8-13/h4-12H,1-3H3/b16-11+. The van der Waals surface area contributed by atoms with E-state index in [1.54, 1.807) is 33.0 Å². The number of benzene rings is 1. The summed E-state index contributed by atoms with van der Waals surface area (Å²) < 4.78 is 5.37. The first-order valence-electron chi connectivity index (χ1n) is 7.65. The molecule has 2 heterocycles. The summed E-state index contributed by atoms with van der Waals surface area (Å²) in [4.78, 5) is 30.6. The van der Waals surface area contributed by atoms with Gasteiger partial charge in [0, 0.05) is 29.7 Å². The average molecular weight is 322 g/mol. The maximum absolute atomic E-state index is 12.8. The third kappa shape index (κ3) is 3.06. The highest BCUT2D eigenvalue weighted by Gasteiger charge is 2.34. The molecule has 0 saturated carbocycles. The fraction of sp³-hybridized carbons (Fsp3) is 0.211. The predicted octanol–water partition coefficient (Wildman–Crippen LogP) is 3.42. The van der Waals surface area contributed by atoms with Gasteiger partial charge in [0.25, 0.3) is 5.91 Å². The van der Waals surface area contributed by atoms with Crippen LogP contribution in [0.25, 0.3) is 5.70 Å². The molecule has 5 heteroatoms. The lowest BCUT2D eigenvalue weighted by molar-refractivity contribution is -0.148. The molecule has 0 saturated heterocycles. The SMILES string of the molecule is CC(C)(C)OC(=O)/C=C1\c2ccncc2C(=O)N1c1ccccc1. The van der Waals surface area contributed by atoms with Crippen molar-refractivity contribution < 1.29 is 14.3 Å². The van der Waals surface area contributed by atoms with Crippen LogP contribution in [0.4, 0.5) is 5.69 Å². The summed E-state index contributed by atoms with van der Waals surface area (Å²) in [6.07, 6.45) is 4.48. The van der Waals surface area contributed by atoms with Crippen LogP contribution in [0, 0.1) is 0 Å². The van der Waals surface area contributed by atoms with Crippen molar-refractivity contribution in [3.63, 3.8) is 0 Å². The predicted molar refractivity (Wildman–Crippen MR) is 91.3 cm³/mol. The van der Waals surface area contributed by atoms with Gasteiger partial charge in [-0.2, -0.15) is 0 Å². The smallest absolute Gasteiger partial charge is 0.333 e. The van der Waals surface area contributed by atoms with E-state index in [1.165, 1.54) is 17.2 Å². The average Bonchev–Trinajstić information content (AvgIpc) is 2.79. The Labute approximate surface area is 140 Å². The van der Waals surface area contributed by atoms with E-state index in [-0.39, 0.29) is 5.91 Å². The fourth-order valence-corrected chi connectivity index (χ4v) is 2.56. The molecular weight excluding hydrogens is 304 g/mol. The number of esters is 1. The Morgan fingerprint density at radius 3 is 2.50 bits per heavy atom. The van der Waals surface area contributed by atoms with E-state index < -0.39 is 11.6 Å². The molecule has 0 unspecified atom stereocenters. The molecule has 0 fully saturated rings. The number of amides is 1. The van der Waals surface area contributed by atoms with Crippen LogP contribution in [-0.4, -0.2) is 22.5 Å². The van der Waals surface area contributed by atoms with E-state index in [0.717, 1.165) is 0 Å². The summed E-state index contributed by atoms with van der Waals surface area (Å²) >= 11 is 0. The first-order chi connectivity index (χ1) is 11.4. The molecule has 5 nitrogen and oxygen atoms in total. The first kappa shape index (κ1) is 15.9. The highest BCUT2D eigenvalue weighted by atomic mass is 16.6. The number of hydrogen-bond donors (Lipinski definition) is 0. The third-order valence-corrected chi connectivity index (χ3v) is 3.45. The van der Waals surface area contributed by atoms with Crippen LogP contribution in [0.3, 0.4) is 0 Å². The van der Waals surface area contributed by atoms with E-state index >= 15 is 0 Å². The number of rotatable bonds is 2. The molecule has 1 aromatic carbocycles. The molecule has 1 aromatic heterocycles. The van der Waals surface area contributed by atoms with Gasteiger partial charge in [0.2, 0.25) is 0 Å². The van der Waals surface area contributed by atoms with E-state index in [9.17, 15) is 9.59 Å². The minimum absolute atomic E-state index is 0.209. The Kier molecular flexibility index (Phi) is 3.93. The maximum Gasteiger partial charge on any atom is 0.333 e. The summed E-state index contributed by atoms with van der Waals surface area (Å²) in [5.74, 6) is -0.699. The number of aromatic nitrogens is 1. The van der Waals surface area contributed by atoms with Crippen molar-refractivity contribution in [1.82, 2.24) is 4.98 Å². The Hall–Kier alpha value is -2.95. The first-order valence-corrected chi connectivity index (χ1v) is 7.65. The van der Waals surface area contributed by atoms with Crippen LogP contribution in [-0.2, 0) is 9.53 Å². The molecule has 0 bridgehead atoms. The van der Waals surface area contributed by atoms with Gasteiger partial charge in [-0.05, 0) is 39.0 Å². The number of fused-ring (bicyclic) bond motifs is 1. The summed E-state index contributed by atoms with van der Waals surface area (Å²) in [6.45, 7) is 5.40. The summed E-state index contributed by atoms with van der Waals surface area (Å²) in [5, 5.41) is 0. The molecule has 0 N–H and O–H groups in total. The van der Waals surface area contributed by atoms with Crippen molar-refractivity contribution in [1.29, 1.82) is 0 Å². The number of ether oxygens (including phenoxy) is 1.